The number of hydrogen-bond acceptors (Lipinski definition) is 4. The SMILES string of the molecule is COc1csc(-c2ccc3c(c2)nc(C)n3C)n1. The lowest BCUT2D eigenvalue weighted by Crippen LogP contribution is -1.89. The van der Waals surface area contributed by atoms with Crippen molar-refractivity contribution in [3.8, 4) is 16.5 Å². The molecular weight excluding hydrogens is 246 g/mol. The highest BCUT2D eigenvalue weighted by Gasteiger charge is 2.09. The molecule has 0 aliphatic carbocycles. The summed E-state index contributed by atoms with van der Waals surface area (Å²) in [5.74, 6) is 1.67. The maximum atomic E-state index is 5.11. The first kappa shape index (κ1) is 11.2. The Morgan fingerprint density at radius 1 is 1.28 bits per heavy atom. The molecular formula is C13H13N3OS. The lowest BCUT2D eigenvalue weighted by atomic mass is 10.2. The van der Waals surface area contributed by atoms with Crippen molar-refractivity contribution in [2.45, 2.75) is 6.92 Å². The van der Waals surface area contributed by atoms with Crippen LogP contribution < -0.4 is 4.74 Å². The van der Waals surface area contributed by atoms with Crippen LogP contribution in [0.25, 0.3) is 21.6 Å². The zero-order valence-corrected chi connectivity index (χ0v) is 11.3. The molecule has 0 N–H and O–H groups in total. The third kappa shape index (κ3) is 1.67. The predicted molar refractivity (Wildman–Crippen MR) is 73.1 cm³/mol. The molecule has 0 atom stereocenters. The number of methoxy groups -OCH3 is 1. The van der Waals surface area contributed by atoms with Crippen LogP contribution >= 0.6 is 11.3 Å². The quantitative estimate of drug-likeness (QED) is 0.710. The minimum Gasteiger partial charge on any atom is -0.480 e. The topological polar surface area (TPSA) is 39.9 Å². The van der Waals surface area contributed by atoms with Gasteiger partial charge in [0.15, 0.2) is 0 Å². The van der Waals surface area contributed by atoms with Gasteiger partial charge < -0.3 is 9.30 Å². The Morgan fingerprint density at radius 3 is 2.83 bits per heavy atom. The van der Waals surface area contributed by atoms with Crippen molar-refractivity contribution in [1.82, 2.24) is 14.5 Å². The van der Waals surface area contributed by atoms with Gasteiger partial charge >= 0.3 is 0 Å². The van der Waals surface area contributed by atoms with Crippen molar-refractivity contribution >= 4 is 22.4 Å². The second kappa shape index (κ2) is 4.10. The Hall–Kier alpha value is -1.88. The number of benzene rings is 1. The molecule has 4 nitrogen and oxygen atoms in total. The third-order valence-electron chi connectivity index (χ3n) is 3.04. The van der Waals surface area contributed by atoms with Crippen molar-refractivity contribution < 1.29 is 4.74 Å². The van der Waals surface area contributed by atoms with Gasteiger partial charge in [-0.05, 0) is 25.1 Å². The highest BCUT2D eigenvalue weighted by molar-refractivity contribution is 7.13. The van der Waals surface area contributed by atoms with Gasteiger partial charge in [-0.2, -0.15) is 0 Å². The van der Waals surface area contributed by atoms with Gasteiger partial charge in [-0.3, -0.25) is 0 Å². The van der Waals surface area contributed by atoms with Crippen LogP contribution in [0.2, 0.25) is 0 Å². The van der Waals surface area contributed by atoms with E-state index in [1.165, 1.54) is 0 Å². The zero-order chi connectivity index (χ0) is 12.7. The molecule has 0 radical (unpaired) electrons. The highest BCUT2D eigenvalue weighted by Crippen LogP contribution is 2.29. The smallest absolute Gasteiger partial charge is 0.224 e. The van der Waals surface area contributed by atoms with Crippen LogP contribution in [0.1, 0.15) is 5.82 Å². The van der Waals surface area contributed by atoms with E-state index in [-0.39, 0.29) is 0 Å². The van der Waals surface area contributed by atoms with E-state index in [0.717, 1.165) is 27.4 Å². The van der Waals surface area contributed by atoms with Crippen LogP contribution in [-0.4, -0.2) is 21.6 Å². The fourth-order valence-electron chi connectivity index (χ4n) is 1.94. The fraction of sp³-hybridized carbons (Fsp3) is 0.231. The first-order valence-corrected chi connectivity index (χ1v) is 6.50. The summed E-state index contributed by atoms with van der Waals surface area (Å²) in [4.78, 5) is 8.93. The van der Waals surface area contributed by atoms with Gasteiger partial charge in [0.05, 0.1) is 23.5 Å². The average Bonchev–Trinajstić information content (AvgIpc) is 2.95. The van der Waals surface area contributed by atoms with Gasteiger partial charge in [0, 0.05) is 12.6 Å². The molecule has 0 spiro atoms. The van der Waals surface area contributed by atoms with Crippen molar-refractivity contribution in [2.24, 2.45) is 7.05 Å². The molecule has 0 saturated carbocycles. The second-order valence-electron chi connectivity index (χ2n) is 4.12. The zero-order valence-electron chi connectivity index (χ0n) is 10.5. The van der Waals surface area contributed by atoms with Crippen LogP contribution in [0.4, 0.5) is 0 Å². The van der Waals surface area contributed by atoms with E-state index in [0.29, 0.717) is 5.88 Å². The number of nitrogens with zero attached hydrogens (tertiary/aromatic N) is 3. The average molecular weight is 259 g/mol. The molecule has 0 bridgehead atoms. The molecule has 18 heavy (non-hydrogen) atoms. The van der Waals surface area contributed by atoms with E-state index in [1.807, 2.05) is 19.4 Å². The van der Waals surface area contributed by atoms with Gasteiger partial charge in [0.25, 0.3) is 0 Å². The molecule has 0 unspecified atom stereocenters. The molecule has 0 amide bonds. The maximum absolute atomic E-state index is 5.11. The summed E-state index contributed by atoms with van der Waals surface area (Å²) in [5.41, 5.74) is 3.22. The van der Waals surface area contributed by atoms with Gasteiger partial charge in [0.1, 0.15) is 10.8 Å². The highest BCUT2D eigenvalue weighted by atomic mass is 32.1. The Kier molecular flexibility index (Phi) is 2.56. The summed E-state index contributed by atoms with van der Waals surface area (Å²) in [6, 6.07) is 6.22. The number of aromatic nitrogens is 3. The Morgan fingerprint density at radius 2 is 2.11 bits per heavy atom. The van der Waals surface area contributed by atoms with Gasteiger partial charge in [-0.15, -0.1) is 11.3 Å². The molecule has 2 aromatic heterocycles. The normalized spacial score (nSPS) is 11.1. The van der Waals surface area contributed by atoms with Crippen molar-refractivity contribution in [1.29, 1.82) is 0 Å². The molecule has 3 rings (SSSR count). The van der Waals surface area contributed by atoms with E-state index in [9.17, 15) is 0 Å². The first-order valence-electron chi connectivity index (χ1n) is 5.62. The van der Waals surface area contributed by atoms with Gasteiger partial charge in [-0.1, -0.05) is 0 Å². The minimum absolute atomic E-state index is 0.660. The summed E-state index contributed by atoms with van der Waals surface area (Å²) in [5, 5.41) is 2.86. The molecule has 0 aliphatic heterocycles. The van der Waals surface area contributed by atoms with Crippen LogP contribution in [0.5, 0.6) is 5.88 Å². The van der Waals surface area contributed by atoms with Crippen molar-refractivity contribution in [3.63, 3.8) is 0 Å². The first-order chi connectivity index (χ1) is 8.69. The summed E-state index contributed by atoms with van der Waals surface area (Å²) < 4.78 is 7.19. The molecule has 0 saturated heterocycles. The standard InChI is InChI=1S/C13H13N3OS/c1-8-14-10-6-9(4-5-11(10)16(8)2)13-15-12(17-3)7-18-13/h4-7H,1-3H3. The number of rotatable bonds is 2. The van der Waals surface area contributed by atoms with Gasteiger partial charge in [-0.25, -0.2) is 9.97 Å². The van der Waals surface area contributed by atoms with Crippen LogP contribution in [0, 0.1) is 6.92 Å². The lowest BCUT2D eigenvalue weighted by Gasteiger charge is -1.98. The number of thiazole rings is 1. The molecule has 1 aromatic carbocycles. The Bertz CT molecular complexity index is 714. The van der Waals surface area contributed by atoms with Crippen molar-refractivity contribution in [2.75, 3.05) is 7.11 Å². The largest absolute Gasteiger partial charge is 0.480 e. The fourth-order valence-corrected chi connectivity index (χ4v) is 2.71. The maximum Gasteiger partial charge on any atom is 0.224 e. The lowest BCUT2D eigenvalue weighted by molar-refractivity contribution is 0.401. The molecule has 0 fully saturated rings. The number of fused-ring (bicyclic) bond motifs is 1. The van der Waals surface area contributed by atoms with Crippen LogP contribution in [0.3, 0.4) is 0 Å². The number of ether oxygens (including phenoxy) is 1. The second-order valence-corrected chi connectivity index (χ2v) is 4.97. The van der Waals surface area contributed by atoms with Crippen molar-refractivity contribution in [3.05, 3.63) is 29.4 Å². The Balaban J connectivity index is 2.13. The van der Waals surface area contributed by atoms with Gasteiger partial charge in [0.2, 0.25) is 5.88 Å². The molecule has 5 heteroatoms. The summed E-state index contributed by atoms with van der Waals surface area (Å²) >= 11 is 1.58. The Labute approximate surface area is 109 Å². The third-order valence-corrected chi connectivity index (χ3v) is 3.91. The van der Waals surface area contributed by atoms with E-state index in [2.05, 4.69) is 32.7 Å². The summed E-state index contributed by atoms with van der Waals surface area (Å²) in [6.07, 6.45) is 0. The summed E-state index contributed by atoms with van der Waals surface area (Å²) in [6.45, 7) is 2.01. The minimum atomic E-state index is 0.660. The van der Waals surface area contributed by atoms with E-state index in [1.54, 1.807) is 18.4 Å². The van der Waals surface area contributed by atoms with E-state index in [4.69, 9.17) is 4.74 Å². The number of aryl methyl sites for hydroxylation is 2. The predicted octanol–water partition coefficient (Wildman–Crippen LogP) is 3.01. The van der Waals surface area contributed by atoms with E-state index >= 15 is 0 Å². The molecule has 92 valence electrons. The number of imidazole rings is 1. The number of hydrogen-bond donors (Lipinski definition) is 0. The molecule has 2 heterocycles. The van der Waals surface area contributed by atoms with Crippen LogP contribution in [-0.2, 0) is 7.05 Å². The van der Waals surface area contributed by atoms with Crippen LogP contribution in [0.15, 0.2) is 23.6 Å². The van der Waals surface area contributed by atoms with E-state index < -0.39 is 0 Å². The molecule has 3 aromatic rings. The summed E-state index contributed by atoms with van der Waals surface area (Å²) in [7, 11) is 3.65. The molecule has 0 aliphatic rings. The monoisotopic (exact) mass is 259 g/mol.